The Morgan fingerprint density at radius 1 is 1.38 bits per heavy atom. The zero-order valence-corrected chi connectivity index (χ0v) is 14.2. The lowest BCUT2D eigenvalue weighted by molar-refractivity contribution is 0.304. The van der Waals surface area contributed by atoms with Crippen LogP contribution in [0.15, 0.2) is 41.1 Å². The maximum absolute atomic E-state index is 6.06. The SMILES string of the molecule is CCC(N)Cc1ccc(OCc2ccncc2Cl)c(Br)c1. The standard InChI is InChI=1S/C16H18BrClN2O/c1-2-13(19)7-11-3-4-16(14(17)8-11)21-10-12-5-6-20-9-15(12)18/h3-6,8-9,13H,2,7,10,19H2,1H3. The molecular formula is C16H18BrClN2O. The summed E-state index contributed by atoms with van der Waals surface area (Å²) in [6.45, 7) is 2.50. The van der Waals surface area contributed by atoms with Gasteiger partial charge in [0, 0.05) is 24.0 Å². The second-order valence-corrected chi connectivity index (χ2v) is 6.15. The first kappa shape index (κ1) is 16.3. The molecule has 0 bridgehead atoms. The van der Waals surface area contributed by atoms with E-state index in [0.29, 0.717) is 11.6 Å². The number of pyridine rings is 1. The van der Waals surface area contributed by atoms with E-state index in [2.05, 4.69) is 33.9 Å². The molecule has 5 heteroatoms. The smallest absolute Gasteiger partial charge is 0.134 e. The summed E-state index contributed by atoms with van der Waals surface area (Å²) < 4.78 is 6.72. The van der Waals surface area contributed by atoms with Gasteiger partial charge in [-0.15, -0.1) is 0 Å². The number of rotatable bonds is 6. The van der Waals surface area contributed by atoms with E-state index in [9.17, 15) is 0 Å². The van der Waals surface area contributed by atoms with Crippen molar-refractivity contribution >= 4 is 27.5 Å². The Kier molecular flexibility index (Phi) is 6.03. The molecule has 0 fully saturated rings. The van der Waals surface area contributed by atoms with Crippen LogP contribution in [0.3, 0.4) is 0 Å². The van der Waals surface area contributed by atoms with Crippen molar-refractivity contribution in [2.45, 2.75) is 32.4 Å². The van der Waals surface area contributed by atoms with Gasteiger partial charge in [-0.25, -0.2) is 0 Å². The van der Waals surface area contributed by atoms with Crippen LogP contribution in [-0.4, -0.2) is 11.0 Å². The summed E-state index contributed by atoms with van der Waals surface area (Å²) in [4.78, 5) is 3.96. The number of ether oxygens (including phenoxy) is 1. The fraction of sp³-hybridized carbons (Fsp3) is 0.312. The molecule has 112 valence electrons. The van der Waals surface area contributed by atoms with E-state index in [-0.39, 0.29) is 6.04 Å². The third kappa shape index (κ3) is 4.70. The molecule has 2 N–H and O–H groups in total. The van der Waals surface area contributed by atoms with Crippen molar-refractivity contribution in [1.82, 2.24) is 4.98 Å². The van der Waals surface area contributed by atoms with Gasteiger partial charge in [0.1, 0.15) is 12.4 Å². The van der Waals surface area contributed by atoms with Gasteiger partial charge < -0.3 is 10.5 Å². The minimum Gasteiger partial charge on any atom is -0.488 e. The molecule has 2 rings (SSSR count). The van der Waals surface area contributed by atoms with Crippen LogP contribution < -0.4 is 10.5 Å². The topological polar surface area (TPSA) is 48.1 Å². The average Bonchev–Trinajstić information content (AvgIpc) is 2.48. The summed E-state index contributed by atoms with van der Waals surface area (Å²) in [6.07, 6.45) is 5.15. The molecule has 0 aliphatic rings. The molecule has 0 saturated carbocycles. The van der Waals surface area contributed by atoms with Gasteiger partial charge in [0.2, 0.25) is 0 Å². The van der Waals surface area contributed by atoms with E-state index >= 15 is 0 Å². The zero-order chi connectivity index (χ0) is 15.2. The van der Waals surface area contributed by atoms with Crippen molar-refractivity contribution in [3.63, 3.8) is 0 Å². The summed E-state index contributed by atoms with van der Waals surface area (Å²) in [5.41, 5.74) is 8.09. The number of halogens is 2. The van der Waals surface area contributed by atoms with Gasteiger partial charge in [0.15, 0.2) is 0 Å². The maximum Gasteiger partial charge on any atom is 0.134 e. The van der Waals surface area contributed by atoms with E-state index in [1.54, 1.807) is 12.4 Å². The number of benzene rings is 1. The summed E-state index contributed by atoms with van der Waals surface area (Å²) >= 11 is 9.60. The van der Waals surface area contributed by atoms with Gasteiger partial charge in [-0.3, -0.25) is 4.98 Å². The number of hydrogen-bond acceptors (Lipinski definition) is 3. The molecule has 1 heterocycles. The van der Waals surface area contributed by atoms with Crippen molar-refractivity contribution in [2.75, 3.05) is 0 Å². The van der Waals surface area contributed by atoms with Crippen LogP contribution >= 0.6 is 27.5 Å². The fourth-order valence-corrected chi connectivity index (χ4v) is 2.63. The molecule has 0 aliphatic heterocycles. The van der Waals surface area contributed by atoms with Gasteiger partial charge >= 0.3 is 0 Å². The third-order valence-corrected chi connectivity index (χ3v) is 4.22. The molecule has 21 heavy (non-hydrogen) atoms. The minimum atomic E-state index is 0.194. The van der Waals surface area contributed by atoms with Gasteiger partial charge in [0.25, 0.3) is 0 Å². The van der Waals surface area contributed by atoms with Gasteiger partial charge in [-0.2, -0.15) is 0 Å². The van der Waals surface area contributed by atoms with E-state index in [0.717, 1.165) is 28.6 Å². The largest absolute Gasteiger partial charge is 0.488 e. The highest BCUT2D eigenvalue weighted by molar-refractivity contribution is 9.10. The monoisotopic (exact) mass is 368 g/mol. The van der Waals surface area contributed by atoms with Crippen molar-refractivity contribution in [1.29, 1.82) is 0 Å². The third-order valence-electron chi connectivity index (χ3n) is 3.26. The lowest BCUT2D eigenvalue weighted by Gasteiger charge is -2.12. The molecule has 2 aromatic rings. The normalized spacial score (nSPS) is 12.2. The predicted molar refractivity (Wildman–Crippen MR) is 89.7 cm³/mol. The Hall–Kier alpha value is -1.10. The fourth-order valence-electron chi connectivity index (χ4n) is 1.91. The van der Waals surface area contributed by atoms with Crippen LogP contribution in [0.4, 0.5) is 0 Å². The molecule has 1 atom stereocenters. The first-order valence-corrected chi connectivity index (χ1v) is 8.02. The Morgan fingerprint density at radius 2 is 2.19 bits per heavy atom. The van der Waals surface area contributed by atoms with Crippen LogP contribution in [-0.2, 0) is 13.0 Å². The predicted octanol–water partition coefficient (Wildman–Crippen LogP) is 4.36. The van der Waals surface area contributed by atoms with Crippen molar-refractivity contribution < 1.29 is 4.74 Å². The zero-order valence-electron chi connectivity index (χ0n) is 11.9. The number of hydrogen-bond donors (Lipinski definition) is 1. The van der Waals surface area contributed by atoms with Crippen LogP contribution in [0.25, 0.3) is 0 Å². The highest BCUT2D eigenvalue weighted by Gasteiger charge is 2.07. The summed E-state index contributed by atoms with van der Waals surface area (Å²) in [7, 11) is 0. The van der Waals surface area contributed by atoms with Gasteiger partial charge in [-0.05, 0) is 52.5 Å². The van der Waals surface area contributed by atoms with E-state index in [4.69, 9.17) is 22.1 Å². The Bertz CT molecular complexity index is 607. The number of aromatic nitrogens is 1. The molecular weight excluding hydrogens is 352 g/mol. The van der Waals surface area contributed by atoms with Crippen LogP contribution in [0.5, 0.6) is 5.75 Å². The molecule has 0 aliphatic carbocycles. The quantitative estimate of drug-likeness (QED) is 0.823. The number of nitrogens with zero attached hydrogens (tertiary/aromatic N) is 1. The summed E-state index contributed by atoms with van der Waals surface area (Å²) in [5, 5.41) is 0.610. The highest BCUT2D eigenvalue weighted by Crippen LogP contribution is 2.28. The highest BCUT2D eigenvalue weighted by atomic mass is 79.9. The van der Waals surface area contributed by atoms with Crippen LogP contribution in [0, 0.1) is 0 Å². The molecule has 0 saturated heterocycles. The van der Waals surface area contributed by atoms with Gasteiger partial charge in [0.05, 0.1) is 9.50 Å². The van der Waals surface area contributed by atoms with E-state index in [1.165, 1.54) is 5.56 Å². The molecule has 0 radical (unpaired) electrons. The molecule has 1 unspecified atom stereocenters. The molecule has 1 aromatic heterocycles. The average molecular weight is 370 g/mol. The lowest BCUT2D eigenvalue weighted by atomic mass is 10.0. The van der Waals surface area contributed by atoms with Crippen molar-refractivity contribution in [3.05, 3.63) is 57.3 Å². The molecule has 1 aromatic carbocycles. The Labute approximate surface area is 138 Å². The Morgan fingerprint density at radius 3 is 2.86 bits per heavy atom. The summed E-state index contributed by atoms with van der Waals surface area (Å²) in [5.74, 6) is 0.789. The van der Waals surface area contributed by atoms with Crippen LogP contribution in [0.1, 0.15) is 24.5 Å². The molecule has 0 amide bonds. The summed E-state index contributed by atoms with van der Waals surface area (Å²) in [6, 6.07) is 8.10. The van der Waals surface area contributed by atoms with E-state index in [1.807, 2.05) is 18.2 Å². The Balaban J connectivity index is 2.03. The maximum atomic E-state index is 6.06. The number of nitrogens with two attached hydrogens (primary N) is 1. The minimum absolute atomic E-state index is 0.194. The lowest BCUT2D eigenvalue weighted by Crippen LogP contribution is -2.21. The first-order chi connectivity index (χ1) is 10.1. The second-order valence-electron chi connectivity index (χ2n) is 4.89. The van der Waals surface area contributed by atoms with E-state index < -0.39 is 0 Å². The van der Waals surface area contributed by atoms with Gasteiger partial charge in [-0.1, -0.05) is 24.6 Å². The molecule has 0 spiro atoms. The van der Waals surface area contributed by atoms with Crippen molar-refractivity contribution in [3.8, 4) is 5.75 Å². The second kappa shape index (κ2) is 7.78. The molecule has 3 nitrogen and oxygen atoms in total. The van der Waals surface area contributed by atoms with Crippen molar-refractivity contribution in [2.24, 2.45) is 5.73 Å². The van der Waals surface area contributed by atoms with Crippen LogP contribution in [0.2, 0.25) is 5.02 Å². The first-order valence-electron chi connectivity index (χ1n) is 6.85.